The van der Waals surface area contributed by atoms with Crippen LogP contribution in [0, 0.1) is 5.92 Å². The number of hydrogen-bond donors (Lipinski definition) is 1. The molecule has 0 radical (unpaired) electrons. The van der Waals surface area contributed by atoms with Gasteiger partial charge in [-0.25, -0.2) is 4.79 Å². The minimum Gasteiger partial charge on any atom is -0.486 e. The Morgan fingerprint density at radius 1 is 0.889 bits per heavy atom. The number of carboxylic acids is 1. The molecule has 4 rings (SSSR count). The number of fused-ring (bicyclic) bond motifs is 1. The molecule has 1 heterocycles. The monoisotopic (exact) mass is 485 g/mol. The van der Waals surface area contributed by atoms with Crippen LogP contribution in [0.4, 0.5) is 0 Å². The third-order valence-corrected chi connectivity index (χ3v) is 5.57. The number of ether oxygens (including phenoxy) is 2. The lowest BCUT2D eigenvalue weighted by Crippen LogP contribution is -2.17. The highest BCUT2D eigenvalue weighted by atomic mass is 16.5. The Balaban J connectivity index is 1.45. The highest BCUT2D eigenvalue weighted by Gasteiger charge is 2.19. The number of hydrogen-bond acceptors (Lipinski definition) is 5. The summed E-state index contributed by atoms with van der Waals surface area (Å²) in [5, 5.41) is 9.90. The molecule has 7 nitrogen and oxygen atoms in total. The van der Waals surface area contributed by atoms with E-state index in [1.165, 1.54) is 12.1 Å². The molecule has 0 aliphatic carbocycles. The number of ketones is 2. The van der Waals surface area contributed by atoms with Gasteiger partial charge in [0.1, 0.15) is 23.9 Å². The number of para-hydroxylation sites is 1. The summed E-state index contributed by atoms with van der Waals surface area (Å²) in [5.41, 5.74) is 1.14. The van der Waals surface area contributed by atoms with E-state index in [2.05, 4.69) is 0 Å². The second-order valence-electron chi connectivity index (χ2n) is 8.94. The van der Waals surface area contributed by atoms with Crippen molar-refractivity contribution in [2.75, 3.05) is 6.61 Å². The highest BCUT2D eigenvalue weighted by Crippen LogP contribution is 2.26. The summed E-state index contributed by atoms with van der Waals surface area (Å²) in [6.07, 6.45) is 1.96. The molecular weight excluding hydrogens is 458 g/mol. The summed E-state index contributed by atoms with van der Waals surface area (Å²) >= 11 is 0. The molecule has 0 atom stereocenters. The number of Topliss-reactive ketones (excluding diaryl/α,β-unsaturated/α-hetero) is 2. The second kappa shape index (κ2) is 10.9. The molecule has 0 bridgehead atoms. The van der Waals surface area contributed by atoms with E-state index in [1.54, 1.807) is 41.1 Å². The van der Waals surface area contributed by atoms with E-state index in [9.17, 15) is 19.5 Å². The first-order valence-electron chi connectivity index (χ1n) is 11.7. The molecule has 0 spiro atoms. The zero-order chi connectivity index (χ0) is 25.7. The van der Waals surface area contributed by atoms with Gasteiger partial charge in [-0.3, -0.25) is 9.59 Å². The molecule has 36 heavy (non-hydrogen) atoms. The number of carboxylic acid groups (broad SMARTS) is 1. The lowest BCUT2D eigenvalue weighted by atomic mass is 10.00. The number of rotatable bonds is 11. The van der Waals surface area contributed by atoms with Crippen molar-refractivity contribution in [2.45, 2.75) is 26.8 Å². The van der Waals surface area contributed by atoms with Crippen LogP contribution in [0.15, 0.2) is 79.0 Å². The molecule has 0 amide bonds. The summed E-state index contributed by atoms with van der Waals surface area (Å²) in [5.74, 6) is 0.703. The van der Waals surface area contributed by atoms with E-state index in [1.807, 2.05) is 44.2 Å². The van der Waals surface area contributed by atoms with E-state index < -0.39 is 5.97 Å². The molecule has 0 aliphatic rings. The van der Waals surface area contributed by atoms with Crippen LogP contribution in [0.25, 0.3) is 10.9 Å². The average molecular weight is 486 g/mol. The summed E-state index contributed by atoms with van der Waals surface area (Å²) in [6.45, 7) is 3.73. The fraction of sp³-hybridized carbons (Fsp3) is 0.207. The third-order valence-electron chi connectivity index (χ3n) is 5.57. The van der Waals surface area contributed by atoms with Crippen LogP contribution in [-0.2, 0) is 11.3 Å². The van der Waals surface area contributed by atoms with Gasteiger partial charge in [-0.05, 0) is 60.5 Å². The molecular formula is C29H27NO6. The van der Waals surface area contributed by atoms with Gasteiger partial charge >= 0.3 is 5.97 Å². The topological polar surface area (TPSA) is 94.8 Å². The largest absolute Gasteiger partial charge is 0.486 e. The van der Waals surface area contributed by atoms with Gasteiger partial charge in [0, 0.05) is 29.1 Å². The van der Waals surface area contributed by atoms with Crippen LogP contribution in [0.2, 0.25) is 0 Å². The molecule has 184 valence electrons. The quantitative estimate of drug-likeness (QED) is 0.262. The Morgan fingerprint density at radius 3 is 2.22 bits per heavy atom. The van der Waals surface area contributed by atoms with Crippen molar-refractivity contribution in [1.82, 2.24) is 4.57 Å². The second-order valence-corrected chi connectivity index (χ2v) is 8.94. The number of aromatic carboxylic acids is 1. The van der Waals surface area contributed by atoms with Crippen LogP contribution in [-0.4, -0.2) is 33.8 Å². The van der Waals surface area contributed by atoms with Crippen LogP contribution in [0.5, 0.6) is 17.2 Å². The fourth-order valence-electron chi connectivity index (χ4n) is 3.89. The van der Waals surface area contributed by atoms with E-state index >= 15 is 0 Å². The molecule has 0 saturated heterocycles. The molecule has 0 fully saturated rings. The van der Waals surface area contributed by atoms with Crippen molar-refractivity contribution in [3.8, 4) is 17.2 Å². The van der Waals surface area contributed by atoms with Gasteiger partial charge in [-0.1, -0.05) is 32.0 Å². The van der Waals surface area contributed by atoms with Gasteiger partial charge in [0.15, 0.2) is 11.6 Å². The number of carbonyl (C=O) groups excluding carboxylic acids is 2. The molecule has 0 aliphatic heterocycles. The molecule has 0 saturated carbocycles. The van der Waals surface area contributed by atoms with Crippen molar-refractivity contribution in [3.05, 3.63) is 90.1 Å². The maximum absolute atomic E-state index is 12.8. The highest BCUT2D eigenvalue weighted by molar-refractivity contribution is 6.09. The van der Waals surface area contributed by atoms with E-state index in [-0.39, 0.29) is 36.2 Å². The van der Waals surface area contributed by atoms with Crippen molar-refractivity contribution in [2.24, 2.45) is 5.92 Å². The normalized spacial score (nSPS) is 11.0. The number of nitrogens with zero attached hydrogens (tertiary/aromatic N) is 1. The van der Waals surface area contributed by atoms with Gasteiger partial charge in [-0.2, -0.15) is 0 Å². The van der Waals surface area contributed by atoms with Crippen molar-refractivity contribution >= 4 is 28.4 Å². The fourth-order valence-corrected chi connectivity index (χ4v) is 3.89. The molecule has 0 unspecified atom stereocenters. The molecule has 3 aromatic carbocycles. The van der Waals surface area contributed by atoms with Crippen LogP contribution < -0.4 is 9.47 Å². The Morgan fingerprint density at radius 2 is 1.56 bits per heavy atom. The first-order chi connectivity index (χ1) is 17.3. The lowest BCUT2D eigenvalue weighted by Gasteiger charge is -2.09. The molecule has 7 heteroatoms. The van der Waals surface area contributed by atoms with Gasteiger partial charge < -0.3 is 19.1 Å². The van der Waals surface area contributed by atoms with E-state index in [0.29, 0.717) is 34.4 Å². The van der Waals surface area contributed by atoms with E-state index in [0.717, 1.165) is 5.75 Å². The SMILES string of the molecule is CC(C)CC(=O)c1cn(CC(=O)COc2ccc(Oc3ccccc3)cc2)c2ccc(C(=O)O)cc12. The average Bonchev–Trinajstić information content (AvgIpc) is 3.21. The third kappa shape index (κ3) is 5.99. The first kappa shape index (κ1) is 24.7. The van der Waals surface area contributed by atoms with Gasteiger partial charge in [0.25, 0.3) is 0 Å². The van der Waals surface area contributed by atoms with Gasteiger partial charge in [0.2, 0.25) is 0 Å². The Kier molecular flexibility index (Phi) is 7.49. The Labute approximate surface area is 208 Å². The zero-order valence-corrected chi connectivity index (χ0v) is 20.1. The standard InChI is InChI=1S/C29H27NO6/c1-19(2)14-28(32)26-17-30(27-13-8-20(29(33)34)15-25(26)27)16-21(31)18-35-22-9-11-24(12-10-22)36-23-6-4-3-5-7-23/h3-13,15,17,19H,14,16,18H2,1-2H3,(H,33,34). The first-order valence-corrected chi connectivity index (χ1v) is 11.7. The minimum absolute atomic E-state index is 0.00687. The van der Waals surface area contributed by atoms with Crippen molar-refractivity contribution in [1.29, 1.82) is 0 Å². The maximum Gasteiger partial charge on any atom is 0.335 e. The lowest BCUT2D eigenvalue weighted by molar-refractivity contribution is -0.121. The summed E-state index contributed by atoms with van der Waals surface area (Å²) in [6, 6.07) is 21.0. The Bertz CT molecular complexity index is 1390. The van der Waals surface area contributed by atoms with Crippen molar-refractivity contribution in [3.63, 3.8) is 0 Å². The van der Waals surface area contributed by atoms with Gasteiger partial charge in [-0.15, -0.1) is 0 Å². The predicted octanol–water partition coefficient (Wildman–Crippen LogP) is 6.01. The van der Waals surface area contributed by atoms with Crippen LogP contribution in [0.1, 0.15) is 41.0 Å². The van der Waals surface area contributed by atoms with Crippen molar-refractivity contribution < 1.29 is 29.0 Å². The zero-order valence-electron chi connectivity index (χ0n) is 20.1. The molecule has 1 N–H and O–H groups in total. The predicted molar refractivity (Wildman–Crippen MR) is 136 cm³/mol. The van der Waals surface area contributed by atoms with E-state index in [4.69, 9.17) is 9.47 Å². The molecule has 1 aromatic heterocycles. The van der Waals surface area contributed by atoms with Crippen LogP contribution >= 0.6 is 0 Å². The maximum atomic E-state index is 12.8. The minimum atomic E-state index is -1.07. The number of carbonyl (C=O) groups is 3. The smallest absolute Gasteiger partial charge is 0.335 e. The summed E-state index contributed by atoms with van der Waals surface area (Å²) in [7, 11) is 0. The summed E-state index contributed by atoms with van der Waals surface area (Å²) in [4.78, 5) is 37.0. The van der Waals surface area contributed by atoms with Crippen LogP contribution in [0.3, 0.4) is 0 Å². The van der Waals surface area contributed by atoms with Gasteiger partial charge in [0.05, 0.1) is 12.1 Å². The Hall–Kier alpha value is -4.39. The summed E-state index contributed by atoms with van der Waals surface area (Å²) < 4.78 is 13.1. The number of aromatic nitrogens is 1. The number of benzene rings is 3. The molecule has 4 aromatic rings.